The predicted molar refractivity (Wildman–Crippen MR) is 226 cm³/mol. The Morgan fingerprint density at radius 2 is 0.852 bits per heavy atom. The largest absolute Gasteiger partial charge is 0.456 e. The summed E-state index contributed by atoms with van der Waals surface area (Å²) in [5.74, 6) is 1.79. The van der Waals surface area contributed by atoms with Crippen molar-refractivity contribution >= 4 is 27.8 Å². The van der Waals surface area contributed by atoms with E-state index in [0.717, 1.165) is 67.2 Å². The van der Waals surface area contributed by atoms with E-state index in [4.69, 9.17) is 4.74 Å². The van der Waals surface area contributed by atoms with Gasteiger partial charge in [-0.05, 0) is 104 Å². The monoisotopic (exact) mass is 689 g/mol. The quantitative estimate of drug-likeness (QED) is 0.165. The van der Waals surface area contributed by atoms with Crippen molar-refractivity contribution in [3.05, 3.63) is 212 Å². The molecule has 2 heteroatoms. The maximum absolute atomic E-state index is 6.35. The second-order valence-electron chi connectivity index (χ2n) is 13.7. The third-order valence-corrected chi connectivity index (χ3v) is 10.5. The number of fused-ring (bicyclic) bond motifs is 2. The maximum atomic E-state index is 6.35. The van der Waals surface area contributed by atoms with E-state index in [9.17, 15) is 0 Å². The van der Waals surface area contributed by atoms with Crippen LogP contribution in [0, 0.1) is 0 Å². The molecular formula is C52H35NO. The number of para-hydroxylation sites is 2. The van der Waals surface area contributed by atoms with Gasteiger partial charge in [-0.2, -0.15) is 0 Å². The Kier molecular flexibility index (Phi) is 7.85. The van der Waals surface area contributed by atoms with Crippen LogP contribution in [0.4, 0.5) is 17.1 Å². The first-order chi connectivity index (χ1) is 26.8. The van der Waals surface area contributed by atoms with Crippen molar-refractivity contribution in [3.63, 3.8) is 0 Å². The van der Waals surface area contributed by atoms with Crippen LogP contribution in [-0.4, -0.2) is 0 Å². The van der Waals surface area contributed by atoms with E-state index in [1.807, 2.05) is 6.07 Å². The molecule has 9 aromatic carbocycles. The van der Waals surface area contributed by atoms with E-state index in [2.05, 4.69) is 211 Å². The molecule has 2 nitrogen and oxygen atoms in total. The molecule has 0 fully saturated rings. The van der Waals surface area contributed by atoms with Gasteiger partial charge in [0.2, 0.25) is 0 Å². The number of benzene rings is 9. The van der Waals surface area contributed by atoms with E-state index in [1.54, 1.807) is 0 Å². The Morgan fingerprint density at radius 1 is 0.296 bits per heavy atom. The number of rotatable bonds is 7. The molecule has 254 valence electrons. The van der Waals surface area contributed by atoms with Gasteiger partial charge >= 0.3 is 0 Å². The third-order valence-electron chi connectivity index (χ3n) is 10.5. The molecule has 9 aromatic rings. The van der Waals surface area contributed by atoms with Crippen LogP contribution in [0.5, 0.6) is 11.5 Å². The fraction of sp³-hybridized carbons (Fsp3) is 0. The Hall–Kier alpha value is -7.16. The minimum atomic E-state index is 0.891. The molecule has 0 aliphatic carbocycles. The van der Waals surface area contributed by atoms with Crippen molar-refractivity contribution in [3.8, 4) is 67.1 Å². The van der Waals surface area contributed by atoms with E-state index in [-0.39, 0.29) is 0 Å². The smallest absolute Gasteiger partial charge is 0.135 e. The number of ether oxygens (including phenoxy) is 1. The fourth-order valence-corrected chi connectivity index (χ4v) is 7.83. The average molecular weight is 690 g/mol. The first kappa shape index (κ1) is 31.6. The van der Waals surface area contributed by atoms with Crippen molar-refractivity contribution in [2.75, 3.05) is 4.90 Å². The van der Waals surface area contributed by atoms with Crippen molar-refractivity contribution in [2.24, 2.45) is 0 Å². The summed E-state index contributed by atoms with van der Waals surface area (Å²) in [4.78, 5) is 2.39. The summed E-state index contributed by atoms with van der Waals surface area (Å²) in [6.07, 6.45) is 0. The van der Waals surface area contributed by atoms with E-state index >= 15 is 0 Å². The molecule has 0 N–H and O–H groups in total. The fourth-order valence-electron chi connectivity index (χ4n) is 7.83. The van der Waals surface area contributed by atoms with E-state index < -0.39 is 0 Å². The second-order valence-corrected chi connectivity index (χ2v) is 13.7. The average Bonchev–Trinajstić information content (AvgIpc) is 3.25. The Bertz CT molecular complexity index is 2770. The molecular weight excluding hydrogens is 655 g/mol. The molecule has 0 saturated heterocycles. The van der Waals surface area contributed by atoms with Crippen LogP contribution in [0.3, 0.4) is 0 Å². The topological polar surface area (TPSA) is 12.5 Å². The minimum Gasteiger partial charge on any atom is -0.456 e. The molecule has 0 atom stereocenters. The van der Waals surface area contributed by atoms with Crippen LogP contribution in [0.15, 0.2) is 212 Å². The van der Waals surface area contributed by atoms with Gasteiger partial charge in [-0.15, -0.1) is 0 Å². The highest BCUT2D eigenvalue weighted by Crippen LogP contribution is 2.48. The van der Waals surface area contributed by atoms with Crippen molar-refractivity contribution < 1.29 is 4.74 Å². The molecule has 10 rings (SSSR count). The van der Waals surface area contributed by atoms with Gasteiger partial charge in [0.05, 0.1) is 5.69 Å². The molecule has 0 radical (unpaired) electrons. The zero-order chi connectivity index (χ0) is 35.8. The predicted octanol–water partition coefficient (Wildman–Crippen LogP) is 14.8. The molecule has 0 unspecified atom stereocenters. The van der Waals surface area contributed by atoms with Gasteiger partial charge in [-0.3, -0.25) is 0 Å². The summed E-state index contributed by atoms with van der Waals surface area (Å²) in [6, 6.07) is 75.9. The molecule has 1 heterocycles. The van der Waals surface area contributed by atoms with Gasteiger partial charge in [-0.1, -0.05) is 158 Å². The summed E-state index contributed by atoms with van der Waals surface area (Å²) in [5, 5.41) is 2.32. The molecule has 0 aromatic heterocycles. The highest BCUT2D eigenvalue weighted by Gasteiger charge is 2.22. The molecule has 0 spiro atoms. The van der Waals surface area contributed by atoms with Crippen LogP contribution < -0.4 is 9.64 Å². The lowest BCUT2D eigenvalue weighted by molar-refractivity contribution is 0.487. The van der Waals surface area contributed by atoms with Crippen LogP contribution in [0.1, 0.15) is 0 Å². The normalized spacial score (nSPS) is 11.5. The molecule has 0 bridgehead atoms. The summed E-state index contributed by atoms with van der Waals surface area (Å²) < 4.78 is 6.35. The number of anilines is 3. The van der Waals surface area contributed by atoms with Crippen LogP contribution in [-0.2, 0) is 0 Å². The highest BCUT2D eigenvalue weighted by atomic mass is 16.5. The second kappa shape index (κ2) is 13.4. The van der Waals surface area contributed by atoms with Crippen LogP contribution in [0.25, 0.3) is 66.4 Å². The molecule has 1 aliphatic rings. The first-order valence-electron chi connectivity index (χ1n) is 18.4. The standard InChI is InChI=1S/C52H35NO/c1-3-13-36(14-4-1)38-25-27-40(28-26-38)46-20-7-9-22-49(46)53(44-31-29-39(30-32-44)37-15-5-2-6-16-37)45-19-11-17-41(34-45)43-33-42-18-12-24-51-52(42)48(35-43)47-21-8-10-23-50(47)54-51/h1-35H. The molecule has 0 saturated carbocycles. The SMILES string of the molecule is c1ccc(-c2ccc(-c3ccccc3N(c3ccc(-c4ccccc4)cc3)c3cccc(-c4cc5c6c(cccc6c4)Oc4ccccc4-5)c3)cc2)cc1. The summed E-state index contributed by atoms with van der Waals surface area (Å²) >= 11 is 0. The van der Waals surface area contributed by atoms with Gasteiger partial charge in [0, 0.05) is 27.9 Å². The Morgan fingerprint density at radius 3 is 1.59 bits per heavy atom. The summed E-state index contributed by atoms with van der Waals surface area (Å²) in [5.41, 5.74) is 15.0. The van der Waals surface area contributed by atoms with Gasteiger partial charge in [0.1, 0.15) is 11.5 Å². The van der Waals surface area contributed by atoms with Gasteiger partial charge < -0.3 is 9.64 Å². The summed E-state index contributed by atoms with van der Waals surface area (Å²) in [7, 11) is 0. The lowest BCUT2D eigenvalue weighted by atomic mass is 9.90. The molecule has 54 heavy (non-hydrogen) atoms. The van der Waals surface area contributed by atoms with Crippen molar-refractivity contribution in [1.29, 1.82) is 0 Å². The van der Waals surface area contributed by atoms with Crippen molar-refractivity contribution in [1.82, 2.24) is 0 Å². The van der Waals surface area contributed by atoms with E-state index in [0.29, 0.717) is 0 Å². The van der Waals surface area contributed by atoms with Crippen molar-refractivity contribution in [2.45, 2.75) is 0 Å². The lowest BCUT2D eigenvalue weighted by Crippen LogP contribution is -2.11. The number of nitrogens with zero attached hydrogens (tertiary/aromatic N) is 1. The first-order valence-corrected chi connectivity index (χ1v) is 18.4. The van der Waals surface area contributed by atoms with Gasteiger partial charge in [0.25, 0.3) is 0 Å². The zero-order valence-corrected chi connectivity index (χ0v) is 29.6. The van der Waals surface area contributed by atoms with Gasteiger partial charge in [0.15, 0.2) is 0 Å². The molecule has 1 aliphatic heterocycles. The lowest BCUT2D eigenvalue weighted by Gasteiger charge is -2.28. The van der Waals surface area contributed by atoms with E-state index in [1.165, 1.54) is 27.8 Å². The van der Waals surface area contributed by atoms with Crippen LogP contribution >= 0.6 is 0 Å². The Balaban J connectivity index is 1.12. The molecule has 0 amide bonds. The Labute approximate surface area is 315 Å². The van der Waals surface area contributed by atoms with Gasteiger partial charge in [-0.25, -0.2) is 0 Å². The maximum Gasteiger partial charge on any atom is 0.135 e. The minimum absolute atomic E-state index is 0.891. The highest BCUT2D eigenvalue weighted by molar-refractivity contribution is 6.06. The third kappa shape index (κ3) is 5.71. The number of hydrogen-bond donors (Lipinski definition) is 0. The zero-order valence-electron chi connectivity index (χ0n) is 29.6. The van der Waals surface area contributed by atoms with Crippen LogP contribution in [0.2, 0.25) is 0 Å². The summed E-state index contributed by atoms with van der Waals surface area (Å²) in [6.45, 7) is 0. The number of hydrogen-bond acceptors (Lipinski definition) is 2.